The molecule has 0 aliphatic heterocycles. The van der Waals surface area contributed by atoms with Crippen molar-refractivity contribution < 1.29 is 0 Å². The Hall–Kier alpha value is -1.32. The summed E-state index contributed by atoms with van der Waals surface area (Å²) in [7, 11) is 0. The topological polar surface area (TPSA) is 49.8 Å². The Labute approximate surface area is 122 Å². The number of nitrogens with zero attached hydrogens (tertiary/aromatic N) is 2. The average Bonchev–Trinajstić information content (AvgIpc) is 2.38. The molecule has 0 bridgehead atoms. The number of anilines is 2. The Morgan fingerprint density at radius 3 is 2.20 bits per heavy atom. The van der Waals surface area contributed by atoms with Crippen LogP contribution in [0.5, 0.6) is 0 Å². The average molecular weight is 276 g/mol. The molecule has 0 unspecified atom stereocenters. The van der Waals surface area contributed by atoms with E-state index in [4.69, 9.17) is 0 Å². The smallest absolute Gasteiger partial charge is 0.134 e. The molecular weight excluding hydrogens is 248 g/mol. The molecular formula is C16H28N4. The summed E-state index contributed by atoms with van der Waals surface area (Å²) in [5, 5.41) is 6.99. The highest BCUT2D eigenvalue weighted by molar-refractivity contribution is 5.57. The third-order valence-electron chi connectivity index (χ3n) is 4.05. The Kier molecular flexibility index (Phi) is 5.62. The summed E-state index contributed by atoms with van der Waals surface area (Å²) in [6, 6.07) is 0.567. The molecule has 1 aromatic rings. The number of aryl methyl sites for hydroxylation is 1. The highest BCUT2D eigenvalue weighted by Crippen LogP contribution is 2.24. The van der Waals surface area contributed by atoms with Crippen molar-refractivity contribution >= 4 is 11.6 Å². The first-order valence-electron chi connectivity index (χ1n) is 8.06. The highest BCUT2D eigenvalue weighted by Gasteiger charge is 2.15. The number of aromatic nitrogens is 2. The lowest BCUT2D eigenvalue weighted by molar-refractivity contribution is 0.470. The zero-order valence-electron chi connectivity index (χ0n) is 13.1. The summed E-state index contributed by atoms with van der Waals surface area (Å²) < 4.78 is 0. The SMILES string of the molecule is CCNc1nc(C)nc(NC2CCCCCCC2)c1C. The van der Waals surface area contributed by atoms with Gasteiger partial charge in [-0.25, -0.2) is 9.97 Å². The minimum atomic E-state index is 0.567. The van der Waals surface area contributed by atoms with Crippen molar-refractivity contribution in [1.29, 1.82) is 0 Å². The molecule has 0 saturated heterocycles. The van der Waals surface area contributed by atoms with Crippen molar-refractivity contribution in [2.45, 2.75) is 71.8 Å². The maximum atomic E-state index is 4.60. The molecule has 112 valence electrons. The summed E-state index contributed by atoms with van der Waals surface area (Å²) in [6.45, 7) is 7.05. The van der Waals surface area contributed by atoms with E-state index in [1.165, 1.54) is 44.9 Å². The Balaban J connectivity index is 2.10. The van der Waals surface area contributed by atoms with Crippen molar-refractivity contribution in [3.8, 4) is 0 Å². The van der Waals surface area contributed by atoms with E-state index in [9.17, 15) is 0 Å². The monoisotopic (exact) mass is 276 g/mol. The van der Waals surface area contributed by atoms with Crippen molar-refractivity contribution in [3.63, 3.8) is 0 Å². The fourth-order valence-electron chi connectivity index (χ4n) is 2.90. The van der Waals surface area contributed by atoms with Crippen molar-refractivity contribution in [2.24, 2.45) is 0 Å². The van der Waals surface area contributed by atoms with E-state index in [2.05, 4.69) is 34.4 Å². The van der Waals surface area contributed by atoms with Gasteiger partial charge in [0, 0.05) is 18.2 Å². The first-order valence-corrected chi connectivity index (χ1v) is 8.06. The largest absolute Gasteiger partial charge is 0.370 e. The molecule has 1 aliphatic rings. The van der Waals surface area contributed by atoms with Crippen LogP contribution < -0.4 is 10.6 Å². The van der Waals surface area contributed by atoms with Gasteiger partial charge in [-0.05, 0) is 33.6 Å². The van der Waals surface area contributed by atoms with Crippen LogP contribution in [0.15, 0.2) is 0 Å². The third kappa shape index (κ3) is 4.09. The molecule has 1 heterocycles. The van der Waals surface area contributed by atoms with Crippen LogP contribution in [0, 0.1) is 13.8 Å². The summed E-state index contributed by atoms with van der Waals surface area (Å²) >= 11 is 0. The minimum Gasteiger partial charge on any atom is -0.370 e. The maximum absolute atomic E-state index is 4.60. The normalized spacial score (nSPS) is 17.4. The summed E-state index contributed by atoms with van der Waals surface area (Å²) in [5.41, 5.74) is 1.14. The van der Waals surface area contributed by atoms with Gasteiger partial charge in [0.15, 0.2) is 0 Å². The predicted octanol–water partition coefficient (Wildman–Crippen LogP) is 4.05. The molecule has 2 N–H and O–H groups in total. The molecule has 2 rings (SSSR count). The van der Waals surface area contributed by atoms with Gasteiger partial charge in [-0.2, -0.15) is 0 Å². The summed E-state index contributed by atoms with van der Waals surface area (Å²) in [4.78, 5) is 9.09. The third-order valence-corrected chi connectivity index (χ3v) is 4.05. The zero-order chi connectivity index (χ0) is 14.4. The van der Waals surface area contributed by atoms with E-state index in [-0.39, 0.29) is 0 Å². The summed E-state index contributed by atoms with van der Waals surface area (Å²) in [5.74, 6) is 2.81. The molecule has 1 fully saturated rings. The van der Waals surface area contributed by atoms with E-state index >= 15 is 0 Å². The molecule has 0 atom stereocenters. The van der Waals surface area contributed by atoms with Crippen LogP contribution in [0.2, 0.25) is 0 Å². The molecule has 1 saturated carbocycles. The zero-order valence-corrected chi connectivity index (χ0v) is 13.1. The van der Waals surface area contributed by atoms with E-state index in [0.717, 1.165) is 29.6 Å². The van der Waals surface area contributed by atoms with E-state index in [0.29, 0.717) is 6.04 Å². The molecule has 4 nitrogen and oxygen atoms in total. The molecule has 0 aromatic carbocycles. The van der Waals surface area contributed by atoms with Crippen LogP contribution in [0.4, 0.5) is 11.6 Å². The predicted molar refractivity (Wildman–Crippen MR) is 85.4 cm³/mol. The van der Waals surface area contributed by atoms with Gasteiger partial charge in [0.1, 0.15) is 17.5 Å². The van der Waals surface area contributed by atoms with E-state index in [1.807, 2.05) is 6.92 Å². The quantitative estimate of drug-likeness (QED) is 0.871. The van der Waals surface area contributed by atoms with Gasteiger partial charge in [-0.15, -0.1) is 0 Å². The molecule has 20 heavy (non-hydrogen) atoms. The fourth-order valence-corrected chi connectivity index (χ4v) is 2.90. The maximum Gasteiger partial charge on any atom is 0.134 e. The van der Waals surface area contributed by atoms with Crippen LogP contribution in [0.1, 0.15) is 63.3 Å². The molecule has 1 aliphatic carbocycles. The van der Waals surface area contributed by atoms with Gasteiger partial charge >= 0.3 is 0 Å². The number of hydrogen-bond acceptors (Lipinski definition) is 4. The van der Waals surface area contributed by atoms with Crippen molar-refractivity contribution in [2.75, 3.05) is 17.2 Å². The standard InChI is InChI=1S/C16H28N4/c1-4-17-15-12(2)16(19-13(3)18-15)20-14-10-8-6-5-7-9-11-14/h14H,4-11H2,1-3H3,(H2,17,18,19,20). The van der Waals surface area contributed by atoms with Crippen LogP contribution >= 0.6 is 0 Å². The molecule has 4 heteroatoms. The second-order valence-electron chi connectivity index (χ2n) is 5.81. The Morgan fingerprint density at radius 2 is 1.55 bits per heavy atom. The number of nitrogens with one attached hydrogen (secondary N) is 2. The second kappa shape index (κ2) is 7.46. The Bertz CT molecular complexity index is 423. The minimum absolute atomic E-state index is 0.567. The fraction of sp³-hybridized carbons (Fsp3) is 0.750. The highest BCUT2D eigenvalue weighted by atomic mass is 15.1. The number of rotatable bonds is 4. The molecule has 0 radical (unpaired) electrons. The van der Waals surface area contributed by atoms with Gasteiger partial charge < -0.3 is 10.6 Å². The lowest BCUT2D eigenvalue weighted by Crippen LogP contribution is -2.22. The van der Waals surface area contributed by atoms with Gasteiger partial charge in [0.2, 0.25) is 0 Å². The van der Waals surface area contributed by atoms with Crippen LogP contribution in [0.25, 0.3) is 0 Å². The van der Waals surface area contributed by atoms with Crippen LogP contribution in [0.3, 0.4) is 0 Å². The Morgan fingerprint density at radius 1 is 0.950 bits per heavy atom. The van der Waals surface area contributed by atoms with Crippen molar-refractivity contribution in [1.82, 2.24) is 9.97 Å². The second-order valence-corrected chi connectivity index (χ2v) is 5.81. The lowest BCUT2D eigenvalue weighted by Gasteiger charge is -2.23. The molecule has 0 amide bonds. The number of hydrogen-bond donors (Lipinski definition) is 2. The lowest BCUT2D eigenvalue weighted by atomic mass is 9.96. The molecule has 0 spiro atoms. The van der Waals surface area contributed by atoms with Gasteiger partial charge in [0.25, 0.3) is 0 Å². The van der Waals surface area contributed by atoms with Gasteiger partial charge in [-0.3, -0.25) is 0 Å². The van der Waals surface area contributed by atoms with Gasteiger partial charge in [-0.1, -0.05) is 32.1 Å². The first kappa shape index (κ1) is 15.1. The van der Waals surface area contributed by atoms with Crippen molar-refractivity contribution in [3.05, 3.63) is 11.4 Å². The van der Waals surface area contributed by atoms with E-state index in [1.54, 1.807) is 0 Å². The van der Waals surface area contributed by atoms with Gasteiger partial charge in [0.05, 0.1) is 0 Å². The van der Waals surface area contributed by atoms with Crippen LogP contribution in [-0.4, -0.2) is 22.6 Å². The molecule has 1 aromatic heterocycles. The summed E-state index contributed by atoms with van der Waals surface area (Å²) in [6.07, 6.45) is 9.36. The first-order chi connectivity index (χ1) is 9.70. The van der Waals surface area contributed by atoms with Crippen LogP contribution in [-0.2, 0) is 0 Å². The van der Waals surface area contributed by atoms with E-state index < -0.39 is 0 Å².